The number of aromatic amines is 1. The molecule has 0 aliphatic rings. The molecule has 2 aromatic rings. The lowest BCUT2D eigenvalue weighted by Gasteiger charge is -2.04. The highest BCUT2D eigenvalue weighted by molar-refractivity contribution is 9.10. The van der Waals surface area contributed by atoms with Gasteiger partial charge in [0, 0.05) is 16.9 Å². The van der Waals surface area contributed by atoms with E-state index in [9.17, 15) is 9.59 Å². The van der Waals surface area contributed by atoms with Crippen LogP contribution in [0.3, 0.4) is 0 Å². The Morgan fingerprint density at radius 2 is 1.88 bits per heavy atom. The maximum atomic E-state index is 11.4. The Bertz CT molecular complexity index is 598. The summed E-state index contributed by atoms with van der Waals surface area (Å²) in [6.45, 7) is 0.399. The fraction of sp³-hybridized carbons (Fsp3) is 0.0909. The molecule has 1 heterocycles. The zero-order chi connectivity index (χ0) is 11.5. The molecule has 0 saturated carbocycles. The summed E-state index contributed by atoms with van der Waals surface area (Å²) in [5, 5.41) is 0. The van der Waals surface area contributed by atoms with Crippen LogP contribution in [0, 0.1) is 0 Å². The first-order valence-electron chi connectivity index (χ1n) is 4.69. The third kappa shape index (κ3) is 2.30. The van der Waals surface area contributed by atoms with Gasteiger partial charge in [-0.05, 0) is 17.7 Å². The van der Waals surface area contributed by atoms with Crippen LogP contribution in [0.4, 0.5) is 0 Å². The van der Waals surface area contributed by atoms with Crippen LogP contribution in [-0.4, -0.2) is 9.55 Å². The minimum absolute atomic E-state index is 0.399. The second-order valence-corrected chi connectivity index (χ2v) is 4.26. The standard InChI is InChI=1S/C11H9BrN2O2/c12-9-3-1-8(2-4-9)7-14-6-5-13-10(15)11(14)16/h1-6H,7H2,(H,13,15). The predicted octanol–water partition coefficient (Wildman–Crippen LogP) is 1.35. The van der Waals surface area contributed by atoms with Crippen LogP contribution in [0.15, 0.2) is 50.7 Å². The van der Waals surface area contributed by atoms with Crippen molar-refractivity contribution in [3.8, 4) is 0 Å². The van der Waals surface area contributed by atoms with E-state index in [1.807, 2.05) is 24.3 Å². The van der Waals surface area contributed by atoms with Gasteiger partial charge in [0.1, 0.15) is 0 Å². The fourth-order valence-corrected chi connectivity index (χ4v) is 1.64. The molecule has 0 bridgehead atoms. The number of nitrogens with one attached hydrogen (secondary N) is 1. The molecule has 16 heavy (non-hydrogen) atoms. The van der Waals surface area contributed by atoms with Gasteiger partial charge in [0.15, 0.2) is 0 Å². The fourth-order valence-electron chi connectivity index (χ4n) is 1.37. The Hall–Kier alpha value is -1.62. The average molecular weight is 281 g/mol. The molecule has 0 aliphatic carbocycles. The summed E-state index contributed by atoms with van der Waals surface area (Å²) >= 11 is 3.33. The van der Waals surface area contributed by atoms with Crippen LogP contribution in [-0.2, 0) is 6.54 Å². The van der Waals surface area contributed by atoms with Gasteiger partial charge in [0.25, 0.3) is 0 Å². The van der Waals surface area contributed by atoms with Gasteiger partial charge in [-0.2, -0.15) is 0 Å². The Morgan fingerprint density at radius 1 is 1.19 bits per heavy atom. The number of aromatic nitrogens is 2. The van der Waals surface area contributed by atoms with Crippen molar-refractivity contribution in [3.05, 3.63) is 67.4 Å². The zero-order valence-electron chi connectivity index (χ0n) is 8.31. The summed E-state index contributed by atoms with van der Waals surface area (Å²) in [6.07, 6.45) is 3.02. The Labute approximate surface area is 99.7 Å². The van der Waals surface area contributed by atoms with Crippen molar-refractivity contribution in [1.82, 2.24) is 9.55 Å². The smallest absolute Gasteiger partial charge is 0.316 e. The van der Waals surface area contributed by atoms with Gasteiger partial charge in [-0.1, -0.05) is 28.1 Å². The van der Waals surface area contributed by atoms with E-state index in [4.69, 9.17) is 0 Å². The Balaban J connectivity index is 2.34. The summed E-state index contributed by atoms with van der Waals surface area (Å²) in [4.78, 5) is 24.9. The van der Waals surface area contributed by atoms with E-state index in [2.05, 4.69) is 20.9 Å². The van der Waals surface area contributed by atoms with Crippen molar-refractivity contribution < 1.29 is 0 Å². The second kappa shape index (κ2) is 4.49. The molecule has 4 nitrogen and oxygen atoms in total. The van der Waals surface area contributed by atoms with Gasteiger partial charge in [-0.3, -0.25) is 9.59 Å². The van der Waals surface area contributed by atoms with Crippen molar-refractivity contribution in [1.29, 1.82) is 0 Å². The SMILES string of the molecule is O=c1[nH]ccn(Cc2ccc(Br)cc2)c1=O. The molecule has 5 heteroatoms. The van der Waals surface area contributed by atoms with E-state index in [1.165, 1.54) is 10.8 Å². The molecule has 0 amide bonds. The van der Waals surface area contributed by atoms with Crippen LogP contribution in [0.1, 0.15) is 5.56 Å². The molecule has 0 radical (unpaired) electrons. The molecule has 0 spiro atoms. The minimum atomic E-state index is -0.598. The quantitative estimate of drug-likeness (QED) is 0.845. The number of H-pyrrole nitrogens is 1. The van der Waals surface area contributed by atoms with Crippen LogP contribution in [0.2, 0.25) is 0 Å². The van der Waals surface area contributed by atoms with Crippen molar-refractivity contribution >= 4 is 15.9 Å². The molecule has 82 valence electrons. The van der Waals surface area contributed by atoms with E-state index in [-0.39, 0.29) is 0 Å². The number of hydrogen-bond donors (Lipinski definition) is 1. The van der Waals surface area contributed by atoms with Gasteiger partial charge in [-0.25, -0.2) is 0 Å². The van der Waals surface area contributed by atoms with Crippen molar-refractivity contribution in [2.75, 3.05) is 0 Å². The summed E-state index contributed by atoms with van der Waals surface area (Å²) in [5.74, 6) is 0. The van der Waals surface area contributed by atoms with Crippen LogP contribution in [0.5, 0.6) is 0 Å². The van der Waals surface area contributed by atoms with E-state index >= 15 is 0 Å². The molecule has 0 unspecified atom stereocenters. The summed E-state index contributed by atoms with van der Waals surface area (Å²) in [7, 11) is 0. The summed E-state index contributed by atoms with van der Waals surface area (Å²) in [6, 6.07) is 7.59. The topological polar surface area (TPSA) is 54.9 Å². The summed E-state index contributed by atoms with van der Waals surface area (Å²) < 4.78 is 2.36. The highest BCUT2D eigenvalue weighted by Crippen LogP contribution is 2.10. The first-order chi connectivity index (χ1) is 7.66. The average Bonchev–Trinajstić information content (AvgIpc) is 2.28. The highest BCUT2D eigenvalue weighted by Gasteiger charge is 2.00. The van der Waals surface area contributed by atoms with Crippen LogP contribution >= 0.6 is 15.9 Å². The molecule has 1 aromatic heterocycles. The summed E-state index contributed by atoms with van der Waals surface area (Å²) in [5.41, 5.74) is -0.166. The van der Waals surface area contributed by atoms with E-state index < -0.39 is 11.1 Å². The Kier molecular flexibility index (Phi) is 3.05. The van der Waals surface area contributed by atoms with Gasteiger partial charge in [0.2, 0.25) is 0 Å². The largest absolute Gasteiger partial charge is 0.323 e. The Morgan fingerprint density at radius 3 is 2.56 bits per heavy atom. The molecule has 0 fully saturated rings. The van der Waals surface area contributed by atoms with Crippen molar-refractivity contribution in [2.24, 2.45) is 0 Å². The van der Waals surface area contributed by atoms with E-state index in [0.717, 1.165) is 10.0 Å². The van der Waals surface area contributed by atoms with Gasteiger partial charge < -0.3 is 9.55 Å². The van der Waals surface area contributed by atoms with E-state index in [0.29, 0.717) is 6.54 Å². The number of halogens is 1. The lowest BCUT2D eigenvalue weighted by Crippen LogP contribution is -2.35. The number of rotatable bonds is 2. The number of benzene rings is 1. The van der Waals surface area contributed by atoms with Gasteiger partial charge in [0.05, 0.1) is 6.54 Å². The molecule has 0 atom stereocenters. The predicted molar refractivity (Wildman–Crippen MR) is 64.6 cm³/mol. The van der Waals surface area contributed by atoms with Crippen molar-refractivity contribution in [2.45, 2.75) is 6.54 Å². The third-order valence-electron chi connectivity index (χ3n) is 2.19. The molecule has 0 saturated heterocycles. The minimum Gasteiger partial charge on any atom is -0.323 e. The zero-order valence-corrected chi connectivity index (χ0v) is 9.90. The lowest BCUT2D eigenvalue weighted by atomic mass is 10.2. The van der Waals surface area contributed by atoms with E-state index in [1.54, 1.807) is 6.20 Å². The highest BCUT2D eigenvalue weighted by atomic mass is 79.9. The first-order valence-corrected chi connectivity index (χ1v) is 5.49. The number of hydrogen-bond acceptors (Lipinski definition) is 2. The lowest BCUT2D eigenvalue weighted by molar-refractivity contribution is 0.737. The maximum Gasteiger partial charge on any atom is 0.316 e. The molecule has 2 rings (SSSR count). The second-order valence-electron chi connectivity index (χ2n) is 3.35. The maximum absolute atomic E-state index is 11.4. The molecular weight excluding hydrogens is 272 g/mol. The van der Waals surface area contributed by atoms with Crippen molar-refractivity contribution in [3.63, 3.8) is 0 Å². The molecular formula is C11H9BrN2O2. The molecule has 1 N–H and O–H groups in total. The van der Waals surface area contributed by atoms with Gasteiger partial charge in [-0.15, -0.1) is 0 Å². The van der Waals surface area contributed by atoms with Gasteiger partial charge >= 0.3 is 11.1 Å². The normalized spacial score (nSPS) is 10.3. The van der Waals surface area contributed by atoms with Crippen LogP contribution in [0.25, 0.3) is 0 Å². The molecule has 0 aliphatic heterocycles. The first kappa shape index (κ1) is 10.9. The third-order valence-corrected chi connectivity index (χ3v) is 2.72. The van der Waals surface area contributed by atoms with Crippen LogP contribution < -0.4 is 11.1 Å². The number of nitrogens with zero attached hydrogens (tertiary/aromatic N) is 1. The monoisotopic (exact) mass is 280 g/mol. The molecule has 1 aromatic carbocycles.